The highest BCUT2D eigenvalue weighted by Crippen LogP contribution is 2.30. The van der Waals surface area contributed by atoms with E-state index in [2.05, 4.69) is 26.8 Å². The zero-order chi connectivity index (χ0) is 13.3. The molecule has 0 bridgehead atoms. The van der Waals surface area contributed by atoms with Crippen LogP contribution in [0, 0.1) is 11.3 Å². The quantitative estimate of drug-likeness (QED) is 0.713. The Hall–Kier alpha value is -0.870. The van der Waals surface area contributed by atoms with E-state index in [1.807, 2.05) is 4.90 Å². The van der Waals surface area contributed by atoms with Gasteiger partial charge in [0.1, 0.15) is 0 Å². The standard InChI is InChI=1S/C14H24N2O2/c1-14(2,3)10-4-6-16(7-5-10)13(17)11-8-18-9-12(11)15/h4,11-12H,5-9,15H2,1-3H3. The summed E-state index contributed by atoms with van der Waals surface area (Å²) in [6.45, 7) is 9.17. The molecule has 18 heavy (non-hydrogen) atoms. The average Bonchev–Trinajstić information content (AvgIpc) is 2.73. The van der Waals surface area contributed by atoms with Crippen LogP contribution in [-0.2, 0) is 9.53 Å². The van der Waals surface area contributed by atoms with Gasteiger partial charge in [-0.15, -0.1) is 0 Å². The summed E-state index contributed by atoms with van der Waals surface area (Å²) in [7, 11) is 0. The van der Waals surface area contributed by atoms with Gasteiger partial charge in [-0.1, -0.05) is 32.4 Å². The Bertz CT molecular complexity index is 357. The average molecular weight is 252 g/mol. The van der Waals surface area contributed by atoms with Crippen LogP contribution in [0.5, 0.6) is 0 Å². The molecule has 0 aliphatic carbocycles. The van der Waals surface area contributed by atoms with Crippen molar-refractivity contribution >= 4 is 5.91 Å². The molecule has 2 aliphatic heterocycles. The molecule has 102 valence electrons. The lowest BCUT2D eigenvalue weighted by molar-refractivity contribution is -0.135. The van der Waals surface area contributed by atoms with Crippen molar-refractivity contribution in [2.75, 3.05) is 26.3 Å². The van der Waals surface area contributed by atoms with Crippen LogP contribution in [-0.4, -0.2) is 43.2 Å². The Morgan fingerprint density at radius 2 is 2.17 bits per heavy atom. The number of nitrogens with zero attached hydrogens (tertiary/aromatic N) is 1. The molecule has 0 saturated carbocycles. The van der Waals surface area contributed by atoms with Crippen LogP contribution in [0.25, 0.3) is 0 Å². The summed E-state index contributed by atoms with van der Waals surface area (Å²) in [6, 6.07) is -0.134. The van der Waals surface area contributed by atoms with Crippen molar-refractivity contribution in [3.8, 4) is 0 Å². The predicted octanol–water partition coefficient (Wildman–Crippen LogP) is 1.16. The lowest BCUT2D eigenvalue weighted by Gasteiger charge is -2.33. The maximum absolute atomic E-state index is 12.3. The fourth-order valence-electron chi connectivity index (χ4n) is 2.61. The molecule has 2 aliphatic rings. The molecule has 1 fully saturated rings. The summed E-state index contributed by atoms with van der Waals surface area (Å²) in [5, 5.41) is 0. The van der Waals surface area contributed by atoms with Crippen molar-refractivity contribution < 1.29 is 9.53 Å². The molecule has 1 saturated heterocycles. The molecule has 2 atom stereocenters. The Balaban J connectivity index is 1.97. The van der Waals surface area contributed by atoms with Crippen LogP contribution in [0.4, 0.5) is 0 Å². The molecule has 0 aromatic carbocycles. The van der Waals surface area contributed by atoms with E-state index in [9.17, 15) is 4.79 Å². The minimum atomic E-state index is -0.144. The third kappa shape index (κ3) is 2.75. The second-order valence-electron chi connectivity index (χ2n) is 6.32. The highest BCUT2D eigenvalue weighted by molar-refractivity contribution is 5.80. The van der Waals surface area contributed by atoms with Crippen LogP contribution >= 0.6 is 0 Å². The third-order valence-corrected chi connectivity index (χ3v) is 3.93. The van der Waals surface area contributed by atoms with Crippen molar-refractivity contribution in [2.45, 2.75) is 33.2 Å². The maximum atomic E-state index is 12.3. The van der Waals surface area contributed by atoms with Gasteiger partial charge in [-0.3, -0.25) is 4.79 Å². The van der Waals surface area contributed by atoms with Crippen molar-refractivity contribution in [1.29, 1.82) is 0 Å². The molecule has 2 heterocycles. The van der Waals surface area contributed by atoms with E-state index in [-0.39, 0.29) is 23.3 Å². The smallest absolute Gasteiger partial charge is 0.229 e. The van der Waals surface area contributed by atoms with Gasteiger partial charge in [0.05, 0.1) is 19.1 Å². The van der Waals surface area contributed by atoms with Crippen molar-refractivity contribution in [3.63, 3.8) is 0 Å². The first-order valence-electron chi connectivity index (χ1n) is 6.71. The predicted molar refractivity (Wildman–Crippen MR) is 71.0 cm³/mol. The molecule has 1 amide bonds. The normalized spacial score (nSPS) is 29.3. The first-order valence-corrected chi connectivity index (χ1v) is 6.71. The SMILES string of the molecule is CC(C)(C)C1=CCN(C(=O)C2COCC2N)CC1. The Kier molecular flexibility index (Phi) is 3.78. The number of hydrogen-bond donors (Lipinski definition) is 1. The first-order chi connectivity index (χ1) is 8.39. The van der Waals surface area contributed by atoms with Gasteiger partial charge < -0.3 is 15.4 Å². The van der Waals surface area contributed by atoms with Gasteiger partial charge in [0, 0.05) is 19.1 Å². The molecule has 4 nitrogen and oxygen atoms in total. The van der Waals surface area contributed by atoms with Crippen molar-refractivity contribution in [1.82, 2.24) is 4.90 Å². The van der Waals surface area contributed by atoms with Crippen LogP contribution < -0.4 is 5.73 Å². The van der Waals surface area contributed by atoms with Crippen LogP contribution in [0.1, 0.15) is 27.2 Å². The van der Waals surface area contributed by atoms with Gasteiger partial charge in [0.2, 0.25) is 5.91 Å². The van der Waals surface area contributed by atoms with Crippen LogP contribution in [0.15, 0.2) is 11.6 Å². The number of rotatable bonds is 1. The molecule has 0 aromatic heterocycles. The lowest BCUT2D eigenvalue weighted by atomic mass is 9.83. The summed E-state index contributed by atoms with van der Waals surface area (Å²) in [5.41, 5.74) is 7.55. The maximum Gasteiger partial charge on any atom is 0.229 e. The van der Waals surface area contributed by atoms with Gasteiger partial charge in [-0.25, -0.2) is 0 Å². The minimum absolute atomic E-state index is 0.134. The monoisotopic (exact) mass is 252 g/mol. The van der Waals surface area contributed by atoms with E-state index >= 15 is 0 Å². The largest absolute Gasteiger partial charge is 0.379 e. The Morgan fingerprint density at radius 1 is 1.44 bits per heavy atom. The highest BCUT2D eigenvalue weighted by Gasteiger charge is 2.35. The summed E-state index contributed by atoms with van der Waals surface area (Å²) in [4.78, 5) is 14.2. The van der Waals surface area contributed by atoms with Crippen LogP contribution in [0.2, 0.25) is 0 Å². The fraction of sp³-hybridized carbons (Fsp3) is 0.786. The van der Waals surface area contributed by atoms with Crippen LogP contribution in [0.3, 0.4) is 0 Å². The zero-order valence-electron chi connectivity index (χ0n) is 11.6. The number of amides is 1. The Morgan fingerprint density at radius 3 is 2.61 bits per heavy atom. The topological polar surface area (TPSA) is 55.6 Å². The van der Waals surface area contributed by atoms with Crippen molar-refractivity contribution in [2.24, 2.45) is 17.1 Å². The molecule has 0 aromatic rings. The van der Waals surface area contributed by atoms with Gasteiger partial charge in [0.25, 0.3) is 0 Å². The van der Waals surface area contributed by atoms with E-state index in [0.717, 1.165) is 13.0 Å². The van der Waals surface area contributed by atoms with E-state index in [1.165, 1.54) is 5.57 Å². The molecular weight excluding hydrogens is 228 g/mol. The van der Waals surface area contributed by atoms with Gasteiger partial charge in [-0.2, -0.15) is 0 Å². The number of ether oxygens (including phenoxy) is 1. The van der Waals surface area contributed by atoms with Crippen molar-refractivity contribution in [3.05, 3.63) is 11.6 Å². The molecule has 4 heteroatoms. The molecule has 0 spiro atoms. The number of carbonyl (C=O) groups is 1. The second kappa shape index (κ2) is 5.02. The van der Waals surface area contributed by atoms with E-state index in [1.54, 1.807) is 0 Å². The van der Waals surface area contributed by atoms with Gasteiger partial charge in [0.15, 0.2) is 0 Å². The van der Waals surface area contributed by atoms with Gasteiger partial charge in [-0.05, 0) is 11.8 Å². The molecule has 2 N–H and O–H groups in total. The highest BCUT2D eigenvalue weighted by atomic mass is 16.5. The van der Waals surface area contributed by atoms with E-state index in [4.69, 9.17) is 10.5 Å². The summed E-state index contributed by atoms with van der Waals surface area (Å²) in [6.07, 6.45) is 3.17. The Labute approximate surface area is 109 Å². The molecule has 0 radical (unpaired) electrons. The fourth-order valence-corrected chi connectivity index (χ4v) is 2.61. The first kappa shape index (κ1) is 13.6. The van der Waals surface area contributed by atoms with E-state index < -0.39 is 0 Å². The summed E-state index contributed by atoms with van der Waals surface area (Å²) < 4.78 is 5.27. The lowest BCUT2D eigenvalue weighted by Crippen LogP contribution is -2.45. The summed E-state index contributed by atoms with van der Waals surface area (Å²) in [5.74, 6) is 0.0128. The number of carbonyl (C=O) groups excluding carboxylic acids is 1. The van der Waals surface area contributed by atoms with E-state index in [0.29, 0.717) is 19.8 Å². The number of nitrogens with two attached hydrogens (primary N) is 1. The minimum Gasteiger partial charge on any atom is -0.379 e. The molecule has 2 unspecified atom stereocenters. The van der Waals surface area contributed by atoms with Gasteiger partial charge >= 0.3 is 0 Å². The second-order valence-corrected chi connectivity index (χ2v) is 6.32. The molecule has 2 rings (SSSR count). The number of hydrogen-bond acceptors (Lipinski definition) is 3. The zero-order valence-corrected chi connectivity index (χ0v) is 11.6. The summed E-state index contributed by atoms with van der Waals surface area (Å²) >= 11 is 0. The molecular formula is C14H24N2O2. The third-order valence-electron chi connectivity index (χ3n) is 3.93.